The fraction of sp³-hybridized carbons (Fsp3) is 0.389. The highest BCUT2D eigenvalue weighted by molar-refractivity contribution is 5.85. The molecule has 0 radical (unpaired) electrons. The molecule has 0 aromatic heterocycles. The van der Waals surface area contributed by atoms with Gasteiger partial charge in [-0.2, -0.15) is 0 Å². The summed E-state index contributed by atoms with van der Waals surface area (Å²) < 4.78 is 13.5. The van der Waals surface area contributed by atoms with Gasteiger partial charge < -0.3 is 10.6 Å². The van der Waals surface area contributed by atoms with Crippen molar-refractivity contribution in [3.05, 3.63) is 61.0 Å². The van der Waals surface area contributed by atoms with Gasteiger partial charge in [-0.3, -0.25) is 4.79 Å². The molecule has 2 rings (SSSR count). The van der Waals surface area contributed by atoms with Crippen LogP contribution >= 0.6 is 0 Å². The van der Waals surface area contributed by atoms with Crippen LogP contribution in [0, 0.1) is 11.2 Å². The number of hydrogen-bond donors (Lipinski definition) is 1. The highest BCUT2D eigenvalue weighted by Crippen LogP contribution is 2.50. The van der Waals surface area contributed by atoms with Crippen molar-refractivity contribution in [3.63, 3.8) is 0 Å². The largest absolute Gasteiger partial charge is 0.335 e. The molecular formula is C18H23FN2O. The molecule has 0 spiro atoms. The minimum absolute atomic E-state index is 0.00955. The summed E-state index contributed by atoms with van der Waals surface area (Å²) >= 11 is 0. The molecule has 0 saturated heterocycles. The first-order chi connectivity index (χ1) is 10.5. The van der Waals surface area contributed by atoms with Crippen molar-refractivity contribution in [2.24, 2.45) is 11.1 Å². The van der Waals surface area contributed by atoms with Gasteiger partial charge in [-0.05, 0) is 30.5 Å². The van der Waals surface area contributed by atoms with Gasteiger partial charge in [0.05, 0.1) is 5.41 Å². The van der Waals surface area contributed by atoms with E-state index in [2.05, 4.69) is 13.2 Å². The lowest BCUT2D eigenvalue weighted by atomic mass is 9.61. The predicted molar refractivity (Wildman–Crippen MR) is 86.6 cm³/mol. The Morgan fingerprint density at radius 1 is 1.36 bits per heavy atom. The van der Waals surface area contributed by atoms with Crippen LogP contribution in [0.1, 0.15) is 30.9 Å². The van der Waals surface area contributed by atoms with E-state index in [-0.39, 0.29) is 11.7 Å². The third-order valence-corrected chi connectivity index (χ3v) is 4.46. The summed E-state index contributed by atoms with van der Waals surface area (Å²) in [6.45, 7) is 8.31. The molecule has 1 unspecified atom stereocenters. The van der Waals surface area contributed by atoms with Crippen molar-refractivity contribution in [2.45, 2.75) is 25.3 Å². The average molecular weight is 302 g/mol. The predicted octanol–water partition coefficient (Wildman–Crippen LogP) is 3.20. The molecule has 1 aliphatic rings. The molecule has 118 valence electrons. The highest BCUT2D eigenvalue weighted by atomic mass is 19.1. The van der Waals surface area contributed by atoms with Crippen LogP contribution in [0.25, 0.3) is 0 Å². The van der Waals surface area contributed by atoms with Gasteiger partial charge in [0.2, 0.25) is 5.91 Å². The van der Waals surface area contributed by atoms with E-state index in [0.29, 0.717) is 18.7 Å². The summed E-state index contributed by atoms with van der Waals surface area (Å²) in [4.78, 5) is 14.7. The molecule has 0 heterocycles. The Hall–Kier alpha value is -1.94. The van der Waals surface area contributed by atoms with E-state index in [4.69, 9.17) is 5.73 Å². The standard InChI is InChI=1S/C18H23FN2O/c1-3-11-21(12-4-2)17(22)18(9-6-10-18)16(20)14-7-5-8-15(19)13-14/h3-5,7-8,13,16H,1-2,6,9-12,20H2. The molecule has 0 bridgehead atoms. The molecule has 1 fully saturated rings. The zero-order chi connectivity index (χ0) is 16.2. The Labute approximate surface area is 131 Å². The molecule has 4 heteroatoms. The molecule has 3 nitrogen and oxygen atoms in total. The molecule has 1 amide bonds. The Kier molecular flexibility index (Phi) is 5.14. The van der Waals surface area contributed by atoms with Crippen LogP contribution < -0.4 is 5.73 Å². The minimum Gasteiger partial charge on any atom is -0.335 e. The monoisotopic (exact) mass is 302 g/mol. The molecule has 22 heavy (non-hydrogen) atoms. The van der Waals surface area contributed by atoms with Gasteiger partial charge in [0, 0.05) is 19.1 Å². The number of amides is 1. The second-order valence-electron chi connectivity index (χ2n) is 5.83. The number of benzene rings is 1. The number of rotatable bonds is 7. The Morgan fingerprint density at radius 3 is 2.45 bits per heavy atom. The van der Waals surface area contributed by atoms with Crippen molar-refractivity contribution >= 4 is 5.91 Å². The quantitative estimate of drug-likeness (QED) is 0.786. The lowest BCUT2D eigenvalue weighted by Gasteiger charge is -2.47. The molecular weight excluding hydrogens is 279 g/mol. The van der Waals surface area contributed by atoms with E-state index < -0.39 is 11.5 Å². The van der Waals surface area contributed by atoms with Crippen molar-refractivity contribution in [1.29, 1.82) is 0 Å². The van der Waals surface area contributed by atoms with Crippen molar-refractivity contribution in [2.75, 3.05) is 13.1 Å². The maximum absolute atomic E-state index is 13.5. The fourth-order valence-electron chi connectivity index (χ4n) is 3.10. The Balaban J connectivity index is 2.29. The van der Waals surface area contributed by atoms with E-state index in [1.807, 2.05) is 0 Å². The fourth-order valence-corrected chi connectivity index (χ4v) is 3.10. The SMILES string of the molecule is C=CCN(CC=C)C(=O)C1(C(N)c2cccc(F)c2)CCC1. The maximum Gasteiger partial charge on any atom is 0.231 e. The summed E-state index contributed by atoms with van der Waals surface area (Å²) in [6, 6.07) is 5.72. The van der Waals surface area contributed by atoms with E-state index in [9.17, 15) is 9.18 Å². The summed E-state index contributed by atoms with van der Waals surface area (Å²) in [5.41, 5.74) is 6.40. The number of nitrogens with zero attached hydrogens (tertiary/aromatic N) is 1. The second-order valence-corrected chi connectivity index (χ2v) is 5.83. The molecule has 1 aromatic rings. The average Bonchev–Trinajstić information content (AvgIpc) is 2.45. The summed E-state index contributed by atoms with van der Waals surface area (Å²) in [7, 11) is 0. The van der Waals surface area contributed by atoms with E-state index in [1.54, 1.807) is 29.2 Å². The third-order valence-electron chi connectivity index (χ3n) is 4.46. The van der Waals surface area contributed by atoms with Crippen LogP contribution in [0.5, 0.6) is 0 Å². The second kappa shape index (κ2) is 6.88. The van der Waals surface area contributed by atoms with Crippen LogP contribution in [0.4, 0.5) is 4.39 Å². The van der Waals surface area contributed by atoms with Crippen LogP contribution in [0.2, 0.25) is 0 Å². The third kappa shape index (κ3) is 2.97. The summed E-state index contributed by atoms with van der Waals surface area (Å²) in [5.74, 6) is -0.320. The van der Waals surface area contributed by atoms with Gasteiger partial charge in [0.1, 0.15) is 5.82 Å². The van der Waals surface area contributed by atoms with Crippen LogP contribution in [0.3, 0.4) is 0 Å². The van der Waals surface area contributed by atoms with Crippen molar-refractivity contribution < 1.29 is 9.18 Å². The van der Waals surface area contributed by atoms with Gasteiger partial charge >= 0.3 is 0 Å². The molecule has 2 N–H and O–H groups in total. The van der Waals surface area contributed by atoms with Gasteiger partial charge in [-0.1, -0.05) is 30.7 Å². The number of nitrogens with two attached hydrogens (primary N) is 1. The smallest absolute Gasteiger partial charge is 0.231 e. The van der Waals surface area contributed by atoms with Gasteiger partial charge in [0.15, 0.2) is 0 Å². The van der Waals surface area contributed by atoms with E-state index in [1.165, 1.54) is 12.1 Å². The van der Waals surface area contributed by atoms with Crippen molar-refractivity contribution in [1.82, 2.24) is 4.90 Å². The number of carbonyl (C=O) groups excluding carboxylic acids is 1. The molecule has 0 aliphatic heterocycles. The summed E-state index contributed by atoms with van der Waals surface area (Å²) in [5, 5.41) is 0. The first-order valence-electron chi connectivity index (χ1n) is 7.57. The van der Waals surface area contributed by atoms with Gasteiger partial charge in [-0.15, -0.1) is 13.2 Å². The number of carbonyl (C=O) groups is 1. The first-order valence-corrected chi connectivity index (χ1v) is 7.57. The normalized spacial score (nSPS) is 17.2. The first kappa shape index (κ1) is 16.4. The zero-order valence-electron chi connectivity index (χ0n) is 12.8. The van der Waals surface area contributed by atoms with Gasteiger partial charge in [-0.25, -0.2) is 4.39 Å². The maximum atomic E-state index is 13.5. The highest BCUT2D eigenvalue weighted by Gasteiger charge is 2.50. The van der Waals surface area contributed by atoms with Crippen LogP contribution in [-0.4, -0.2) is 23.9 Å². The van der Waals surface area contributed by atoms with Crippen molar-refractivity contribution in [3.8, 4) is 0 Å². The molecule has 1 saturated carbocycles. The lowest BCUT2D eigenvalue weighted by Crippen LogP contribution is -2.53. The molecule has 1 atom stereocenters. The van der Waals surface area contributed by atoms with E-state index >= 15 is 0 Å². The number of halogens is 1. The van der Waals surface area contributed by atoms with Gasteiger partial charge in [0.25, 0.3) is 0 Å². The Bertz CT molecular complexity index is 556. The number of hydrogen-bond acceptors (Lipinski definition) is 2. The van der Waals surface area contributed by atoms with Crippen LogP contribution in [0.15, 0.2) is 49.6 Å². The lowest BCUT2D eigenvalue weighted by molar-refractivity contribution is -0.148. The molecule has 1 aromatic carbocycles. The minimum atomic E-state index is -0.639. The zero-order valence-corrected chi connectivity index (χ0v) is 12.8. The van der Waals surface area contributed by atoms with Crippen LogP contribution in [-0.2, 0) is 4.79 Å². The van der Waals surface area contributed by atoms with E-state index in [0.717, 1.165) is 19.3 Å². The topological polar surface area (TPSA) is 46.3 Å². The Morgan fingerprint density at radius 2 is 2.00 bits per heavy atom. The summed E-state index contributed by atoms with van der Waals surface area (Å²) in [6.07, 6.45) is 5.82. The molecule has 1 aliphatic carbocycles.